The van der Waals surface area contributed by atoms with Crippen LogP contribution in [-0.2, 0) is 0 Å². The highest BCUT2D eigenvalue weighted by molar-refractivity contribution is 6.02. The molecule has 118 valence electrons. The highest BCUT2D eigenvalue weighted by Crippen LogP contribution is 2.41. The van der Waals surface area contributed by atoms with Crippen molar-refractivity contribution >= 4 is 16.5 Å². The van der Waals surface area contributed by atoms with Crippen molar-refractivity contribution in [3.8, 4) is 16.9 Å². The molecule has 0 heterocycles. The van der Waals surface area contributed by atoms with Crippen LogP contribution in [0.2, 0.25) is 0 Å². The van der Waals surface area contributed by atoms with Gasteiger partial charge in [0.05, 0.1) is 0 Å². The first kappa shape index (κ1) is 15.4. The molecule has 0 amide bonds. The average Bonchev–Trinajstić information content (AvgIpc) is 2.54. The van der Waals surface area contributed by atoms with Crippen LogP contribution in [0.15, 0.2) is 54.6 Å². The highest BCUT2D eigenvalue weighted by Gasteiger charge is 2.16. The lowest BCUT2D eigenvalue weighted by atomic mass is 9.92. The summed E-state index contributed by atoms with van der Waals surface area (Å²) in [7, 11) is 4.08. The van der Waals surface area contributed by atoms with Gasteiger partial charge in [0.1, 0.15) is 5.75 Å². The van der Waals surface area contributed by atoms with Crippen LogP contribution < -0.4 is 4.90 Å². The molecule has 0 radical (unpaired) electrons. The van der Waals surface area contributed by atoms with Crippen molar-refractivity contribution in [3.63, 3.8) is 0 Å². The Labute approximate surface area is 138 Å². The molecule has 0 fully saturated rings. The Hall–Kier alpha value is -2.48. The molecule has 3 rings (SSSR count). The molecule has 23 heavy (non-hydrogen) atoms. The van der Waals surface area contributed by atoms with Crippen LogP contribution in [0.5, 0.6) is 5.75 Å². The molecule has 2 nitrogen and oxygen atoms in total. The number of benzene rings is 3. The molecular weight excluding hydrogens is 282 g/mol. The van der Waals surface area contributed by atoms with E-state index in [4.69, 9.17) is 0 Å². The smallest absolute Gasteiger partial charge is 0.124 e. The lowest BCUT2D eigenvalue weighted by molar-refractivity contribution is 0.478. The van der Waals surface area contributed by atoms with Crippen LogP contribution in [0.1, 0.15) is 25.3 Å². The van der Waals surface area contributed by atoms with Crippen LogP contribution >= 0.6 is 0 Å². The molecule has 0 spiro atoms. The maximum Gasteiger partial charge on any atom is 0.124 e. The quantitative estimate of drug-likeness (QED) is 0.700. The van der Waals surface area contributed by atoms with Gasteiger partial charge in [0.15, 0.2) is 0 Å². The Bertz CT molecular complexity index is 850. The standard InChI is InChI=1S/C21H23NO/c1-14(2)16-9-11-19(22(3)4)18(13-16)21-17-8-6-5-7-15(17)10-12-20(21)23/h5-14,23H,1-4H3. The predicted molar refractivity (Wildman–Crippen MR) is 99.5 cm³/mol. The van der Waals surface area contributed by atoms with Gasteiger partial charge in [0.25, 0.3) is 0 Å². The number of nitrogens with zero attached hydrogens (tertiary/aromatic N) is 1. The van der Waals surface area contributed by atoms with Crippen LogP contribution in [0.25, 0.3) is 21.9 Å². The molecule has 2 heteroatoms. The van der Waals surface area contributed by atoms with Gasteiger partial charge in [-0.15, -0.1) is 0 Å². The number of phenolic OH excluding ortho intramolecular Hbond substituents is 1. The molecule has 0 saturated carbocycles. The van der Waals surface area contributed by atoms with Crippen molar-refractivity contribution in [3.05, 3.63) is 60.2 Å². The third-order valence-corrected chi connectivity index (χ3v) is 4.35. The van der Waals surface area contributed by atoms with E-state index in [0.717, 1.165) is 27.6 Å². The topological polar surface area (TPSA) is 23.5 Å². The number of aromatic hydroxyl groups is 1. The van der Waals surface area contributed by atoms with Gasteiger partial charge in [-0.2, -0.15) is 0 Å². The zero-order valence-corrected chi connectivity index (χ0v) is 14.2. The minimum atomic E-state index is 0.327. The summed E-state index contributed by atoms with van der Waals surface area (Å²) in [6.45, 7) is 4.38. The number of phenols is 1. The fourth-order valence-corrected chi connectivity index (χ4v) is 3.05. The summed E-state index contributed by atoms with van der Waals surface area (Å²) in [6, 6.07) is 18.5. The number of anilines is 1. The first-order valence-corrected chi connectivity index (χ1v) is 8.01. The fraction of sp³-hybridized carbons (Fsp3) is 0.238. The van der Waals surface area contributed by atoms with E-state index in [0.29, 0.717) is 11.7 Å². The van der Waals surface area contributed by atoms with Gasteiger partial charge >= 0.3 is 0 Å². The van der Waals surface area contributed by atoms with Crippen molar-refractivity contribution < 1.29 is 5.11 Å². The first-order valence-electron chi connectivity index (χ1n) is 8.01. The van der Waals surface area contributed by atoms with Crippen LogP contribution in [0.4, 0.5) is 5.69 Å². The van der Waals surface area contributed by atoms with Crippen molar-refractivity contribution in [2.75, 3.05) is 19.0 Å². The Balaban J connectivity index is 2.37. The summed E-state index contributed by atoms with van der Waals surface area (Å²) in [5.41, 5.74) is 4.38. The van der Waals surface area contributed by atoms with E-state index < -0.39 is 0 Å². The molecule has 0 unspecified atom stereocenters. The molecule has 0 atom stereocenters. The van der Waals surface area contributed by atoms with E-state index in [1.807, 2.05) is 32.3 Å². The third-order valence-electron chi connectivity index (χ3n) is 4.35. The first-order chi connectivity index (χ1) is 11.0. The minimum absolute atomic E-state index is 0.327. The monoisotopic (exact) mass is 305 g/mol. The number of fused-ring (bicyclic) bond motifs is 1. The molecule has 0 aliphatic carbocycles. The Morgan fingerprint density at radius 3 is 2.35 bits per heavy atom. The summed E-state index contributed by atoms with van der Waals surface area (Å²) >= 11 is 0. The van der Waals surface area contributed by atoms with Crippen LogP contribution in [-0.4, -0.2) is 19.2 Å². The number of hydrogen-bond donors (Lipinski definition) is 1. The van der Waals surface area contributed by atoms with E-state index in [1.54, 1.807) is 6.07 Å². The average molecular weight is 305 g/mol. The third kappa shape index (κ3) is 2.77. The maximum absolute atomic E-state index is 10.6. The van der Waals surface area contributed by atoms with Gasteiger partial charge in [0.2, 0.25) is 0 Å². The molecular formula is C21H23NO. The van der Waals surface area contributed by atoms with Gasteiger partial charge in [-0.1, -0.05) is 50.2 Å². The van der Waals surface area contributed by atoms with E-state index in [9.17, 15) is 5.11 Å². The molecule has 0 aliphatic heterocycles. The number of hydrogen-bond acceptors (Lipinski definition) is 2. The molecule has 0 bridgehead atoms. The minimum Gasteiger partial charge on any atom is -0.507 e. The Morgan fingerprint density at radius 1 is 0.913 bits per heavy atom. The van der Waals surface area contributed by atoms with Gasteiger partial charge in [0, 0.05) is 30.9 Å². The van der Waals surface area contributed by atoms with Crippen molar-refractivity contribution in [1.82, 2.24) is 0 Å². The van der Waals surface area contributed by atoms with Crippen molar-refractivity contribution in [2.24, 2.45) is 0 Å². The van der Waals surface area contributed by atoms with Gasteiger partial charge in [-0.3, -0.25) is 0 Å². The molecule has 0 saturated heterocycles. The summed E-state index contributed by atoms with van der Waals surface area (Å²) in [6.07, 6.45) is 0. The second kappa shape index (κ2) is 5.96. The lowest BCUT2D eigenvalue weighted by Crippen LogP contribution is -2.10. The van der Waals surface area contributed by atoms with E-state index >= 15 is 0 Å². The summed E-state index contributed by atoms with van der Waals surface area (Å²) in [5.74, 6) is 0.773. The SMILES string of the molecule is CC(C)c1ccc(N(C)C)c(-c2c(O)ccc3ccccc23)c1. The van der Waals surface area contributed by atoms with Gasteiger partial charge in [-0.05, 0) is 40.5 Å². The molecule has 3 aromatic rings. The summed E-state index contributed by atoms with van der Waals surface area (Å²) in [4.78, 5) is 2.10. The Kier molecular flexibility index (Phi) is 3.99. The number of rotatable bonds is 3. The molecule has 1 N–H and O–H groups in total. The molecule has 3 aromatic carbocycles. The second-order valence-corrected chi connectivity index (χ2v) is 6.51. The zero-order chi connectivity index (χ0) is 16.6. The predicted octanol–water partition coefficient (Wildman–Crippen LogP) is 5.40. The molecule has 0 aromatic heterocycles. The molecule has 0 aliphatic rings. The normalized spacial score (nSPS) is 11.2. The van der Waals surface area contributed by atoms with E-state index in [1.165, 1.54) is 5.56 Å². The zero-order valence-electron chi connectivity index (χ0n) is 14.2. The van der Waals surface area contributed by atoms with Crippen molar-refractivity contribution in [2.45, 2.75) is 19.8 Å². The largest absolute Gasteiger partial charge is 0.507 e. The van der Waals surface area contributed by atoms with Crippen LogP contribution in [0.3, 0.4) is 0 Å². The Morgan fingerprint density at radius 2 is 1.65 bits per heavy atom. The summed E-state index contributed by atoms with van der Waals surface area (Å²) in [5, 5.41) is 12.8. The maximum atomic E-state index is 10.6. The van der Waals surface area contributed by atoms with E-state index in [2.05, 4.69) is 49.1 Å². The van der Waals surface area contributed by atoms with Crippen LogP contribution in [0, 0.1) is 0 Å². The highest BCUT2D eigenvalue weighted by atomic mass is 16.3. The van der Waals surface area contributed by atoms with Gasteiger partial charge in [-0.25, -0.2) is 0 Å². The van der Waals surface area contributed by atoms with Crippen molar-refractivity contribution in [1.29, 1.82) is 0 Å². The van der Waals surface area contributed by atoms with E-state index in [-0.39, 0.29) is 0 Å². The lowest BCUT2D eigenvalue weighted by Gasteiger charge is -2.21. The second-order valence-electron chi connectivity index (χ2n) is 6.51. The van der Waals surface area contributed by atoms with Gasteiger partial charge < -0.3 is 10.0 Å². The fourth-order valence-electron chi connectivity index (χ4n) is 3.05. The summed E-state index contributed by atoms with van der Waals surface area (Å²) < 4.78 is 0.